The molecule has 0 aromatic heterocycles. The molecule has 1 saturated carbocycles. The van der Waals surface area contributed by atoms with Gasteiger partial charge in [-0.15, -0.1) is 0 Å². The third kappa shape index (κ3) is 1.51. The zero-order chi connectivity index (χ0) is 15.8. The summed E-state index contributed by atoms with van der Waals surface area (Å²) in [6, 6.07) is 0. The number of carbonyl (C=O) groups is 1. The molecule has 0 radical (unpaired) electrons. The van der Waals surface area contributed by atoms with Crippen molar-refractivity contribution in [2.75, 3.05) is 20.8 Å². The van der Waals surface area contributed by atoms with E-state index in [1.54, 1.807) is 0 Å². The molecule has 2 aliphatic carbocycles. The largest absolute Gasteiger partial charge is 0.459 e. The van der Waals surface area contributed by atoms with Gasteiger partial charge in [-0.25, -0.2) is 0 Å². The minimum atomic E-state index is -1.17. The first-order valence-corrected chi connectivity index (χ1v) is 9.30. The number of alkyl halides is 2. The van der Waals surface area contributed by atoms with Gasteiger partial charge in [-0.3, -0.25) is 4.79 Å². The molecule has 2 fully saturated rings. The number of halogens is 4. The molecule has 1 aliphatic heterocycles. The minimum Gasteiger partial charge on any atom is -0.459 e. The van der Waals surface area contributed by atoms with Crippen LogP contribution in [0.5, 0.6) is 0 Å². The summed E-state index contributed by atoms with van der Waals surface area (Å²) in [6.07, 6.45) is -0.626. The van der Waals surface area contributed by atoms with Crippen LogP contribution in [0.1, 0.15) is 0 Å². The second kappa shape index (κ2) is 5.00. The summed E-state index contributed by atoms with van der Waals surface area (Å²) in [5.74, 6) is -2.44. The van der Waals surface area contributed by atoms with Crippen molar-refractivity contribution in [1.29, 1.82) is 0 Å². The Morgan fingerprint density at radius 3 is 2.19 bits per heavy atom. The zero-order valence-electron chi connectivity index (χ0n) is 11.0. The van der Waals surface area contributed by atoms with E-state index in [9.17, 15) is 9.90 Å². The van der Waals surface area contributed by atoms with Crippen LogP contribution in [-0.4, -0.2) is 52.4 Å². The van der Waals surface area contributed by atoms with Crippen molar-refractivity contribution in [1.82, 2.24) is 0 Å². The fourth-order valence-electron chi connectivity index (χ4n) is 3.96. The number of aliphatic hydroxyl groups excluding tert-OH is 1. The van der Waals surface area contributed by atoms with Crippen LogP contribution in [0, 0.1) is 11.8 Å². The number of rotatable bonds is 3. The highest BCUT2D eigenvalue weighted by Crippen LogP contribution is 2.77. The average Bonchev–Trinajstić information content (AvgIpc) is 2.94. The molecule has 0 amide bonds. The maximum atomic E-state index is 12.4. The van der Waals surface area contributed by atoms with E-state index in [1.165, 1.54) is 14.2 Å². The Hall–Kier alpha value is 1.01. The molecular weight excluding hydrogens is 544 g/mol. The van der Waals surface area contributed by atoms with Crippen LogP contribution in [0.4, 0.5) is 0 Å². The summed E-state index contributed by atoms with van der Waals surface area (Å²) in [4.78, 5) is 12.4. The van der Waals surface area contributed by atoms with E-state index in [4.69, 9.17) is 14.2 Å². The molecule has 5 atom stereocenters. The fourth-order valence-corrected chi connectivity index (χ4v) is 9.12. The SMILES string of the molecule is COC1(OC)[C@@]2(Br)C(Br)=C(Br)[C@@]1(Br)[C@H]1C(=O)O[C@H](CO)[C@H]12. The van der Waals surface area contributed by atoms with E-state index in [2.05, 4.69) is 63.7 Å². The van der Waals surface area contributed by atoms with E-state index < -0.39 is 26.5 Å². The lowest BCUT2D eigenvalue weighted by Gasteiger charge is -2.43. The number of methoxy groups -OCH3 is 2. The van der Waals surface area contributed by atoms with Gasteiger partial charge in [-0.2, -0.15) is 0 Å². The van der Waals surface area contributed by atoms with Crippen molar-refractivity contribution < 1.29 is 24.1 Å². The van der Waals surface area contributed by atoms with Crippen molar-refractivity contribution in [3.63, 3.8) is 0 Å². The maximum absolute atomic E-state index is 12.4. The van der Waals surface area contributed by atoms with Gasteiger partial charge < -0.3 is 19.3 Å². The molecule has 0 unspecified atom stereocenters. The maximum Gasteiger partial charge on any atom is 0.311 e. The molecule has 0 aromatic carbocycles. The smallest absolute Gasteiger partial charge is 0.311 e. The Kier molecular flexibility index (Phi) is 4.01. The summed E-state index contributed by atoms with van der Waals surface area (Å²) in [6.45, 7) is -0.259. The topological polar surface area (TPSA) is 65.0 Å². The predicted molar refractivity (Wildman–Crippen MR) is 88.9 cm³/mol. The van der Waals surface area contributed by atoms with Gasteiger partial charge in [0.05, 0.1) is 12.5 Å². The molecule has 118 valence electrons. The summed E-state index contributed by atoms with van der Waals surface area (Å²) in [5.41, 5.74) is 0. The summed E-state index contributed by atoms with van der Waals surface area (Å²) in [7, 11) is 3.06. The van der Waals surface area contributed by atoms with E-state index in [1.807, 2.05) is 0 Å². The van der Waals surface area contributed by atoms with Gasteiger partial charge in [0.15, 0.2) is 0 Å². The molecule has 3 rings (SSSR count). The number of fused-ring (bicyclic) bond motifs is 5. The Bertz CT molecular complexity index is 548. The van der Waals surface area contributed by atoms with E-state index in [-0.39, 0.29) is 18.5 Å². The van der Waals surface area contributed by atoms with Crippen molar-refractivity contribution in [3.8, 4) is 0 Å². The Labute approximate surface area is 155 Å². The average molecular weight is 556 g/mol. The van der Waals surface area contributed by atoms with Crippen LogP contribution in [0.15, 0.2) is 8.96 Å². The van der Waals surface area contributed by atoms with Crippen LogP contribution in [0.25, 0.3) is 0 Å². The molecule has 1 heterocycles. The fraction of sp³-hybridized carbons (Fsp3) is 0.750. The molecule has 0 aromatic rings. The minimum absolute atomic E-state index is 0.259. The Morgan fingerprint density at radius 2 is 1.71 bits per heavy atom. The van der Waals surface area contributed by atoms with E-state index in [0.717, 1.165) is 8.96 Å². The zero-order valence-corrected chi connectivity index (χ0v) is 17.4. The second-order valence-electron chi connectivity index (χ2n) is 5.24. The van der Waals surface area contributed by atoms with Gasteiger partial charge in [-0.05, 0) is 0 Å². The van der Waals surface area contributed by atoms with Gasteiger partial charge >= 0.3 is 5.97 Å². The number of esters is 1. The van der Waals surface area contributed by atoms with Gasteiger partial charge in [0.25, 0.3) is 0 Å². The van der Waals surface area contributed by atoms with Crippen LogP contribution in [-0.2, 0) is 19.0 Å². The Morgan fingerprint density at radius 1 is 1.19 bits per heavy atom. The number of hydrogen-bond donors (Lipinski definition) is 1. The summed E-state index contributed by atoms with van der Waals surface area (Å²) >= 11 is 14.5. The molecule has 5 nitrogen and oxygen atoms in total. The van der Waals surface area contributed by atoms with E-state index in [0.29, 0.717) is 0 Å². The molecule has 1 saturated heterocycles. The summed E-state index contributed by atoms with van der Waals surface area (Å²) in [5, 5.41) is 9.59. The van der Waals surface area contributed by atoms with Crippen LogP contribution < -0.4 is 0 Å². The van der Waals surface area contributed by atoms with Crippen molar-refractivity contribution in [2.24, 2.45) is 11.8 Å². The van der Waals surface area contributed by atoms with E-state index >= 15 is 0 Å². The third-order valence-corrected chi connectivity index (χ3v) is 11.2. The molecule has 3 aliphatic rings. The lowest BCUT2D eigenvalue weighted by molar-refractivity contribution is -0.220. The highest BCUT2D eigenvalue weighted by atomic mass is 79.9. The number of hydrogen-bond acceptors (Lipinski definition) is 5. The lowest BCUT2D eigenvalue weighted by Crippen LogP contribution is -2.58. The quantitative estimate of drug-likeness (QED) is 0.329. The normalized spacial score (nSPS) is 47.0. The Balaban J connectivity index is 2.32. The highest BCUT2D eigenvalue weighted by molar-refractivity contribution is 9.16. The summed E-state index contributed by atoms with van der Waals surface area (Å²) < 4.78 is 16.5. The van der Waals surface area contributed by atoms with Crippen LogP contribution in [0.3, 0.4) is 0 Å². The monoisotopic (exact) mass is 552 g/mol. The second-order valence-corrected chi connectivity index (χ2v) is 9.33. The molecule has 21 heavy (non-hydrogen) atoms. The molecule has 0 spiro atoms. The van der Waals surface area contributed by atoms with Crippen LogP contribution >= 0.6 is 63.7 Å². The predicted octanol–water partition coefficient (Wildman–Crippen LogP) is 2.42. The molecular formula is C12H12Br4O5. The molecule has 2 bridgehead atoms. The van der Waals surface area contributed by atoms with Gasteiger partial charge in [0.1, 0.15) is 14.8 Å². The molecule has 9 heteroatoms. The van der Waals surface area contributed by atoms with Crippen molar-refractivity contribution >= 4 is 69.7 Å². The lowest BCUT2D eigenvalue weighted by atomic mass is 9.81. The van der Waals surface area contributed by atoms with Gasteiger partial charge in [0.2, 0.25) is 5.79 Å². The van der Waals surface area contributed by atoms with Crippen molar-refractivity contribution in [2.45, 2.75) is 20.5 Å². The molecule has 1 N–H and O–H groups in total. The van der Waals surface area contributed by atoms with Gasteiger partial charge in [0, 0.05) is 29.1 Å². The number of aliphatic hydroxyl groups is 1. The van der Waals surface area contributed by atoms with Gasteiger partial charge in [-0.1, -0.05) is 63.7 Å². The first kappa shape index (κ1) is 16.9. The van der Waals surface area contributed by atoms with Crippen molar-refractivity contribution in [3.05, 3.63) is 8.96 Å². The first-order chi connectivity index (χ1) is 9.77. The number of ether oxygens (including phenoxy) is 3. The highest BCUT2D eigenvalue weighted by Gasteiger charge is 2.87. The van der Waals surface area contributed by atoms with Crippen LogP contribution in [0.2, 0.25) is 0 Å². The number of cyclic esters (lactones) is 1. The standard InChI is InChI=1S/C12H12Br4O5/c1-19-12(20-2)10(15)5-4(3-17)21-9(18)6(5)11(12,16)8(14)7(10)13/h4-6,17H,3H2,1-2H3/t4-,5-,6-,10+,11+/m1/s1. The first-order valence-electron chi connectivity index (χ1n) is 6.13. The number of carbonyl (C=O) groups excluding carboxylic acids is 1. The third-order valence-electron chi connectivity index (χ3n) is 4.71.